The summed E-state index contributed by atoms with van der Waals surface area (Å²) in [5.74, 6) is 0. The Labute approximate surface area is 88.4 Å². The van der Waals surface area contributed by atoms with Crippen LogP contribution in [0.2, 0.25) is 19.6 Å². The maximum Gasteiger partial charge on any atom is 0.0827 e. The molecule has 2 aromatic rings. The van der Waals surface area contributed by atoms with E-state index in [1.54, 1.807) is 15.6 Å². The van der Waals surface area contributed by atoms with Gasteiger partial charge in [0.15, 0.2) is 0 Å². The van der Waals surface area contributed by atoms with Gasteiger partial charge in [-0.25, -0.2) is 0 Å². The van der Waals surface area contributed by atoms with Gasteiger partial charge in [-0.3, -0.25) is 0 Å². The third-order valence-corrected chi connectivity index (χ3v) is 8.55. The lowest BCUT2D eigenvalue weighted by Crippen LogP contribution is -2.36. The molecule has 0 aliphatic rings. The van der Waals surface area contributed by atoms with E-state index in [9.17, 15) is 0 Å². The van der Waals surface area contributed by atoms with Crippen molar-refractivity contribution in [2.45, 2.75) is 26.6 Å². The number of benzene rings is 1. The quantitative estimate of drug-likeness (QED) is 0.642. The van der Waals surface area contributed by atoms with Gasteiger partial charge in [0.05, 0.1) is 8.07 Å². The fourth-order valence-electron chi connectivity index (χ4n) is 2.03. The van der Waals surface area contributed by atoms with Gasteiger partial charge in [0.2, 0.25) is 0 Å². The first kappa shape index (κ1) is 10.0. The molecule has 0 nitrogen and oxygen atoms in total. The van der Waals surface area contributed by atoms with Crippen molar-refractivity contribution in [3.63, 3.8) is 0 Å². The predicted octanol–water partition coefficient (Wildman–Crippen LogP) is 3.72. The van der Waals surface area contributed by atoms with Crippen molar-refractivity contribution in [2.24, 2.45) is 0 Å². The number of hydrogen-bond acceptors (Lipinski definition) is 0. The molecule has 0 spiro atoms. The van der Waals surface area contributed by atoms with Crippen LogP contribution in [0.5, 0.6) is 0 Å². The highest BCUT2D eigenvalue weighted by Crippen LogP contribution is 2.29. The Kier molecular flexibility index (Phi) is 2.33. The molecule has 14 heavy (non-hydrogen) atoms. The summed E-state index contributed by atoms with van der Waals surface area (Å²) < 4.78 is 0. The SMILES string of the molecule is Cc1c([Si](C)(C)C)[pH]c2ccccc12. The van der Waals surface area contributed by atoms with Gasteiger partial charge in [-0.2, -0.15) is 0 Å². The second-order valence-electron chi connectivity index (χ2n) is 4.92. The van der Waals surface area contributed by atoms with E-state index >= 15 is 0 Å². The number of aryl methyl sites for hydroxylation is 1. The summed E-state index contributed by atoms with van der Waals surface area (Å²) in [4.78, 5) is 1.76. The average Bonchev–Trinajstić information content (AvgIpc) is 2.44. The van der Waals surface area contributed by atoms with Gasteiger partial charge in [0.25, 0.3) is 0 Å². The van der Waals surface area contributed by atoms with Crippen LogP contribution in [0.15, 0.2) is 24.3 Å². The Hall–Kier alpha value is -0.523. The average molecular weight is 220 g/mol. The van der Waals surface area contributed by atoms with Crippen molar-refractivity contribution in [2.75, 3.05) is 0 Å². The van der Waals surface area contributed by atoms with Crippen LogP contribution in [0.1, 0.15) is 5.56 Å². The molecule has 0 saturated carbocycles. The molecule has 0 bridgehead atoms. The summed E-state index contributed by atoms with van der Waals surface area (Å²) in [7, 11) is -0.149. The molecule has 0 aliphatic heterocycles. The van der Waals surface area contributed by atoms with Gasteiger partial charge in [-0.15, -0.1) is 8.19 Å². The number of rotatable bonds is 1. The minimum atomic E-state index is -1.09. The molecule has 1 aromatic carbocycles. The van der Waals surface area contributed by atoms with Gasteiger partial charge >= 0.3 is 0 Å². The molecule has 2 rings (SSSR count). The molecular weight excluding hydrogens is 203 g/mol. The standard InChI is InChI=1S/C12H17PSi/c1-9-10-7-5-6-8-11(10)13-12(9)14(2,3)4/h5-8,13H,1-4H3. The van der Waals surface area contributed by atoms with E-state index in [1.165, 1.54) is 5.39 Å². The maximum absolute atomic E-state index is 2.45. The molecule has 0 amide bonds. The van der Waals surface area contributed by atoms with Crippen LogP contribution in [0.25, 0.3) is 10.5 Å². The molecule has 1 unspecified atom stereocenters. The van der Waals surface area contributed by atoms with E-state index in [0.29, 0.717) is 0 Å². The van der Waals surface area contributed by atoms with Crippen LogP contribution in [0.4, 0.5) is 0 Å². The fraction of sp³-hybridized carbons (Fsp3) is 0.333. The van der Waals surface area contributed by atoms with Gasteiger partial charge in [-0.1, -0.05) is 43.9 Å². The molecule has 1 heterocycles. The van der Waals surface area contributed by atoms with Gasteiger partial charge in [-0.05, 0) is 27.9 Å². The minimum Gasteiger partial charge on any atom is -0.132 e. The van der Waals surface area contributed by atoms with Crippen molar-refractivity contribution in [3.8, 4) is 0 Å². The van der Waals surface area contributed by atoms with E-state index < -0.39 is 8.07 Å². The fourth-order valence-corrected chi connectivity index (χ4v) is 6.37. The smallest absolute Gasteiger partial charge is 0.0827 e. The van der Waals surface area contributed by atoms with Crippen molar-refractivity contribution in [1.29, 1.82) is 0 Å². The van der Waals surface area contributed by atoms with Crippen LogP contribution in [0.3, 0.4) is 0 Å². The normalized spacial score (nSPS) is 12.9. The summed E-state index contributed by atoms with van der Waals surface area (Å²) in [6, 6.07) is 8.86. The molecule has 0 N–H and O–H groups in total. The maximum atomic E-state index is 2.45. The third-order valence-electron chi connectivity index (χ3n) is 2.72. The van der Waals surface area contributed by atoms with Crippen molar-refractivity contribution in [1.82, 2.24) is 0 Å². The Bertz CT molecular complexity index is 463. The first-order chi connectivity index (χ1) is 6.50. The van der Waals surface area contributed by atoms with Crippen LogP contribution in [-0.4, -0.2) is 8.07 Å². The summed E-state index contributed by atoms with van der Waals surface area (Å²) >= 11 is 0. The van der Waals surface area contributed by atoms with E-state index in [0.717, 1.165) is 8.19 Å². The molecule has 2 heteroatoms. The summed E-state index contributed by atoms with van der Waals surface area (Å²) in [6.07, 6.45) is 0. The van der Waals surface area contributed by atoms with Crippen molar-refractivity contribution in [3.05, 3.63) is 29.8 Å². The molecular formula is C12H17PSi. The van der Waals surface area contributed by atoms with Crippen LogP contribution in [-0.2, 0) is 0 Å². The van der Waals surface area contributed by atoms with Crippen LogP contribution in [0, 0.1) is 6.92 Å². The van der Waals surface area contributed by atoms with Crippen LogP contribution < -0.4 is 4.92 Å². The van der Waals surface area contributed by atoms with E-state index in [2.05, 4.69) is 50.8 Å². The molecule has 0 aliphatic carbocycles. The molecule has 0 saturated heterocycles. The summed E-state index contributed by atoms with van der Waals surface area (Å²) in [6.45, 7) is 9.65. The molecule has 0 fully saturated rings. The highest BCUT2D eigenvalue weighted by atomic mass is 31.0. The lowest BCUT2D eigenvalue weighted by molar-refractivity contribution is 1.60. The Morgan fingerprint density at radius 1 is 1.07 bits per heavy atom. The summed E-state index contributed by atoms with van der Waals surface area (Å²) in [5, 5.41) is 3.06. The van der Waals surface area contributed by atoms with E-state index in [1.807, 2.05) is 0 Å². The zero-order valence-corrected chi connectivity index (χ0v) is 11.3. The van der Waals surface area contributed by atoms with Gasteiger partial charge in [0, 0.05) is 0 Å². The van der Waals surface area contributed by atoms with Gasteiger partial charge < -0.3 is 0 Å². The first-order valence-electron chi connectivity index (χ1n) is 5.08. The second kappa shape index (κ2) is 3.25. The Morgan fingerprint density at radius 2 is 1.71 bits per heavy atom. The van der Waals surface area contributed by atoms with Crippen molar-refractivity contribution >= 4 is 31.7 Å². The zero-order chi connectivity index (χ0) is 10.3. The largest absolute Gasteiger partial charge is 0.132 e. The molecule has 0 radical (unpaired) electrons. The van der Waals surface area contributed by atoms with Crippen molar-refractivity contribution < 1.29 is 0 Å². The number of hydrogen-bond donors (Lipinski definition) is 0. The first-order valence-corrected chi connectivity index (χ1v) is 9.58. The van der Waals surface area contributed by atoms with Crippen LogP contribution >= 0.6 is 8.19 Å². The minimum absolute atomic E-state index is 0.944. The highest BCUT2D eigenvalue weighted by Gasteiger charge is 2.21. The summed E-state index contributed by atoms with van der Waals surface area (Å²) in [5.41, 5.74) is 1.57. The van der Waals surface area contributed by atoms with E-state index in [-0.39, 0.29) is 0 Å². The topological polar surface area (TPSA) is 0 Å². The van der Waals surface area contributed by atoms with E-state index in [4.69, 9.17) is 0 Å². The lowest BCUT2D eigenvalue weighted by Gasteiger charge is -2.15. The Balaban J connectivity index is 2.75. The molecule has 74 valence electrons. The van der Waals surface area contributed by atoms with Gasteiger partial charge in [0.1, 0.15) is 0 Å². The predicted molar refractivity (Wildman–Crippen MR) is 71.2 cm³/mol. The zero-order valence-electron chi connectivity index (χ0n) is 9.31. The Morgan fingerprint density at radius 3 is 2.29 bits per heavy atom. The number of fused-ring (bicyclic) bond motifs is 1. The molecule has 1 aromatic heterocycles. The highest BCUT2D eigenvalue weighted by molar-refractivity contribution is 7.47. The second-order valence-corrected chi connectivity index (χ2v) is 11.7. The molecule has 1 atom stereocenters. The third kappa shape index (κ3) is 1.55. The monoisotopic (exact) mass is 220 g/mol. The lowest BCUT2D eigenvalue weighted by atomic mass is 10.2.